The average molecular weight is 417 g/mol. The molecule has 0 fully saturated rings. The number of hydrogen-bond acceptors (Lipinski definition) is 3. The third-order valence-electron chi connectivity index (χ3n) is 4.70. The van der Waals surface area contributed by atoms with Crippen LogP contribution in [-0.2, 0) is 6.18 Å². The maximum atomic E-state index is 13.1. The number of benzene rings is 2. The standard InChI is InChI=1S/C20H23F3N2S.ClH/c1-3-24(4-2)12-7-13-25-16-8-5-6-9-18(16)26-19-14-15(20(21,22)23)10-11-17(19)25;/h5-6,8-11,14H,3-4,7,12-13H2,1-2H3;1H. The molecule has 0 saturated heterocycles. The van der Waals surface area contributed by atoms with Crippen molar-refractivity contribution in [2.24, 2.45) is 0 Å². The number of alkyl halides is 3. The van der Waals surface area contributed by atoms with Crippen LogP contribution in [0.2, 0.25) is 0 Å². The van der Waals surface area contributed by atoms with Crippen molar-refractivity contribution in [1.29, 1.82) is 0 Å². The number of rotatable bonds is 6. The van der Waals surface area contributed by atoms with Crippen LogP contribution in [0.4, 0.5) is 24.5 Å². The van der Waals surface area contributed by atoms with Gasteiger partial charge in [-0.2, -0.15) is 13.2 Å². The van der Waals surface area contributed by atoms with Crippen LogP contribution in [0, 0.1) is 0 Å². The SMILES string of the molecule is CCN(CC)CCCN1c2ccccc2Sc2cc(C(F)(F)F)ccc21.Cl. The second-order valence-electron chi connectivity index (χ2n) is 6.28. The molecular formula is C20H24ClF3N2S. The second-order valence-corrected chi connectivity index (χ2v) is 7.37. The van der Waals surface area contributed by atoms with Crippen molar-refractivity contribution in [2.45, 2.75) is 36.2 Å². The minimum absolute atomic E-state index is 0. The normalized spacial score (nSPS) is 13.2. The van der Waals surface area contributed by atoms with E-state index in [1.165, 1.54) is 23.9 Å². The Morgan fingerprint density at radius 2 is 1.63 bits per heavy atom. The van der Waals surface area contributed by atoms with E-state index < -0.39 is 11.7 Å². The first-order valence-electron chi connectivity index (χ1n) is 8.92. The van der Waals surface area contributed by atoms with E-state index >= 15 is 0 Å². The molecule has 0 aromatic heterocycles. The molecule has 2 aromatic rings. The molecule has 0 bridgehead atoms. The van der Waals surface area contributed by atoms with Gasteiger partial charge in [-0.3, -0.25) is 0 Å². The van der Waals surface area contributed by atoms with E-state index in [-0.39, 0.29) is 12.4 Å². The Hall–Kier alpha value is -1.37. The Balaban J connectivity index is 0.00000261. The molecule has 0 amide bonds. The number of anilines is 2. The summed E-state index contributed by atoms with van der Waals surface area (Å²) >= 11 is 1.41. The van der Waals surface area contributed by atoms with Crippen LogP contribution >= 0.6 is 24.2 Å². The molecule has 148 valence electrons. The van der Waals surface area contributed by atoms with E-state index in [0.29, 0.717) is 4.90 Å². The Bertz CT molecular complexity index is 763. The first kappa shape index (κ1) is 21.9. The Morgan fingerprint density at radius 1 is 0.963 bits per heavy atom. The van der Waals surface area contributed by atoms with E-state index in [1.54, 1.807) is 6.07 Å². The highest BCUT2D eigenvalue weighted by molar-refractivity contribution is 7.99. The molecule has 0 saturated carbocycles. The molecule has 1 heterocycles. The van der Waals surface area contributed by atoms with Gasteiger partial charge in [0, 0.05) is 16.3 Å². The molecule has 0 radical (unpaired) electrons. The summed E-state index contributed by atoms with van der Waals surface area (Å²) < 4.78 is 39.3. The summed E-state index contributed by atoms with van der Waals surface area (Å²) in [6, 6.07) is 12.0. The van der Waals surface area contributed by atoms with Crippen LogP contribution in [0.5, 0.6) is 0 Å². The smallest absolute Gasteiger partial charge is 0.340 e. The molecule has 0 aliphatic carbocycles. The lowest BCUT2D eigenvalue weighted by atomic mass is 10.1. The molecule has 3 rings (SSSR count). The molecule has 1 aliphatic rings. The highest BCUT2D eigenvalue weighted by Gasteiger charge is 2.33. The monoisotopic (exact) mass is 416 g/mol. The van der Waals surface area contributed by atoms with Gasteiger partial charge >= 0.3 is 6.18 Å². The lowest BCUT2D eigenvalue weighted by molar-refractivity contribution is -0.137. The summed E-state index contributed by atoms with van der Waals surface area (Å²) in [6.07, 6.45) is -3.36. The first-order chi connectivity index (χ1) is 12.4. The summed E-state index contributed by atoms with van der Waals surface area (Å²) in [6.45, 7) is 8.07. The topological polar surface area (TPSA) is 6.48 Å². The van der Waals surface area contributed by atoms with Gasteiger partial charge in [0.1, 0.15) is 0 Å². The molecule has 7 heteroatoms. The lowest BCUT2D eigenvalue weighted by Gasteiger charge is -2.33. The van der Waals surface area contributed by atoms with Crippen LogP contribution in [0.3, 0.4) is 0 Å². The Labute approximate surface area is 169 Å². The molecular weight excluding hydrogens is 393 g/mol. The summed E-state index contributed by atoms with van der Waals surface area (Å²) in [5.74, 6) is 0. The number of halogens is 4. The van der Waals surface area contributed by atoms with Crippen LogP contribution in [-0.4, -0.2) is 31.1 Å². The van der Waals surface area contributed by atoms with E-state index in [1.807, 2.05) is 24.3 Å². The highest BCUT2D eigenvalue weighted by atomic mass is 35.5. The quantitative estimate of drug-likeness (QED) is 0.533. The number of para-hydroxylation sites is 1. The largest absolute Gasteiger partial charge is 0.416 e. The number of fused-ring (bicyclic) bond motifs is 2. The van der Waals surface area contributed by atoms with Crippen LogP contribution in [0.1, 0.15) is 25.8 Å². The van der Waals surface area contributed by atoms with Crippen molar-refractivity contribution >= 4 is 35.5 Å². The fourth-order valence-electron chi connectivity index (χ4n) is 3.24. The van der Waals surface area contributed by atoms with Crippen molar-refractivity contribution in [3.05, 3.63) is 48.0 Å². The summed E-state index contributed by atoms with van der Waals surface area (Å²) in [7, 11) is 0. The van der Waals surface area contributed by atoms with Crippen LogP contribution in [0.15, 0.2) is 52.3 Å². The van der Waals surface area contributed by atoms with Crippen molar-refractivity contribution in [3.8, 4) is 0 Å². The maximum absolute atomic E-state index is 13.1. The Morgan fingerprint density at radius 3 is 2.30 bits per heavy atom. The van der Waals surface area contributed by atoms with Gasteiger partial charge in [0.25, 0.3) is 0 Å². The van der Waals surface area contributed by atoms with E-state index in [9.17, 15) is 13.2 Å². The zero-order chi connectivity index (χ0) is 18.7. The minimum Gasteiger partial charge on any atom is -0.340 e. The van der Waals surface area contributed by atoms with Crippen molar-refractivity contribution in [3.63, 3.8) is 0 Å². The van der Waals surface area contributed by atoms with E-state index in [2.05, 4.69) is 23.6 Å². The predicted octanol–water partition coefficient (Wildman–Crippen LogP) is 6.46. The summed E-state index contributed by atoms with van der Waals surface area (Å²) in [5.41, 5.74) is 1.34. The van der Waals surface area contributed by atoms with Crippen LogP contribution in [0.25, 0.3) is 0 Å². The van der Waals surface area contributed by atoms with Gasteiger partial charge in [0.15, 0.2) is 0 Å². The minimum atomic E-state index is -4.32. The predicted molar refractivity (Wildman–Crippen MR) is 109 cm³/mol. The van der Waals surface area contributed by atoms with Crippen LogP contribution < -0.4 is 4.90 Å². The molecule has 2 nitrogen and oxygen atoms in total. The molecule has 0 unspecified atom stereocenters. The first-order valence-corrected chi connectivity index (χ1v) is 9.73. The molecule has 2 aromatic carbocycles. The third kappa shape index (κ3) is 4.92. The molecule has 1 aliphatic heterocycles. The zero-order valence-corrected chi connectivity index (χ0v) is 17.1. The molecule has 0 N–H and O–H groups in total. The number of hydrogen-bond donors (Lipinski definition) is 0. The lowest BCUT2D eigenvalue weighted by Crippen LogP contribution is -2.29. The van der Waals surface area contributed by atoms with Crippen molar-refractivity contribution in [2.75, 3.05) is 31.1 Å². The molecule has 27 heavy (non-hydrogen) atoms. The zero-order valence-electron chi connectivity index (χ0n) is 15.4. The Kier molecular flexibility index (Phi) is 7.48. The van der Waals surface area contributed by atoms with Gasteiger partial charge in [0.2, 0.25) is 0 Å². The molecule has 0 atom stereocenters. The third-order valence-corrected chi connectivity index (χ3v) is 5.82. The average Bonchev–Trinajstić information content (AvgIpc) is 2.63. The van der Waals surface area contributed by atoms with Gasteiger partial charge in [-0.05, 0) is 56.4 Å². The second kappa shape index (κ2) is 9.22. The van der Waals surface area contributed by atoms with Crippen molar-refractivity contribution in [1.82, 2.24) is 4.90 Å². The van der Waals surface area contributed by atoms with Gasteiger partial charge in [0.05, 0.1) is 16.9 Å². The maximum Gasteiger partial charge on any atom is 0.416 e. The summed E-state index contributed by atoms with van der Waals surface area (Å²) in [5, 5.41) is 0. The van der Waals surface area contributed by atoms with Crippen molar-refractivity contribution < 1.29 is 13.2 Å². The van der Waals surface area contributed by atoms with E-state index in [4.69, 9.17) is 0 Å². The van der Waals surface area contributed by atoms with E-state index in [0.717, 1.165) is 48.9 Å². The summed E-state index contributed by atoms with van der Waals surface area (Å²) in [4.78, 5) is 6.19. The van der Waals surface area contributed by atoms with Gasteiger partial charge in [-0.25, -0.2) is 0 Å². The number of nitrogens with zero attached hydrogens (tertiary/aromatic N) is 2. The van der Waals surface area contributed by atoms with Gasteiger partial charge in [-0.1, -0.05) is 37.7 Å². The fourth-order valence-corrected chi connectivity index (χ4v) is 4.38. The molecule has 0 spiro atoms. The fraction of sp³-hybridized carbons (Fsp3) is 0.400. The van der Waals surface area contributed by atoms with Gasteiger partial charge < -0.3 is 9.80 Å². The van der Waals surface area contributed by atoms with Gasteiger partial charge in [-0.15, -0.1) is 12.4 Å². The highest BCUT2D eigenvalue weighted by Crippen LogP contribution is 2.49.